The van der Waals surface area contributed by atoms with Crippen LogP contribution < -0.4 is 10.6 Å². The van der Waals surface area contributed by atoms with Gasteiger partial charge in [0.05, 0.1) is 11.3 Å². The zero-order valence-corrected chi connectivity index (χ0v) is 20.4. The summed E-state index contributed by atoms with van der Waals surface area (Å²) in [5, 5.41) is 6.18. The van der Waals surface area contributed by atoms with Crippen molar-refractivity contribution < 1.29 is 22.4 Å². The van der Waals surface area contributed by atoms with Gasteiger partial charge in [-0.3, -0.25) is 4.79 Å². The molecule has 1 aliphatic carbocycles. The van der Waals surface area contributed by atoms with Gasteiger partial charge in [-0.15, -0.1) is 0 Å². The average molecular weight is 534 g/mol. The van der Waals surface area contributed by atoms with Gasteiger partial charge in [-0.25, -0.2) is 19.4 Å². The van der Waals surface area contributed by atoms with Crippen molar-refractivity contribution in [3.63, 3.8) is 0 Å². The Hall–Kier alpha value is -3.53. The lowest BCUT2D eigenvalue weighted by atomic mass is 9.84. The first-order chi connectivity index (χ1) is 17.7. The van der Waals surface area contributed by atoms with E-state index in [4.69, 9.17) is 11.6 Å². The Kier molecular flexibility index (Phi) is 8.38. The molecule has 0 saturated heterocycles. The van der Waals surface area contributed by atoms with Crippen LogP contribution in [-0.2, 0) is 6.18 Å². The molecule has 1 aliphatic rings. The molecule has 0 unspecified atom stereocenters. The van der Waals surface area contributed by atoms with E-state index in [1.165, 1.54) is 12.1 Å². The Balaban J connectivity index is 1.46. The predicted molar refractivity (Wildman–Crippen MR) is 133 cm³/mol. The van der Waals surface area contributed by atoms with Crippen LogP contribution in [0.1, 0.15) is 48.0 Å². The van der Waals surface area contributed by atoms with E-state index in [-0.39, 0.29) is 34.1 Å². The normalized spacial score (nSPS) is 18.4. The van der Waals surface area contributed by atoms with Gasteiger partial charge in [-0.05, 0) is 80.1 Å². The van der Waals surface area contributed by atoms with Crippen molar-refractivity contribution in [1.29, 1.82) is 0 Å². The number of hydrogen-bond acceptors (Lipinski definition) is 5. The van der Waals surface area contributed by atoms with Crippen LogP contribution in [0.5, 0.6) is 0 Å². The molecule has 3 aromatic rings. The van der Waals surface area contributed by atoms with Crippen LogP contribution in [0, 0.1) is 11.7 Å². The Morgan fingerprint density at radius 2 is 1.70 bits per heavy atom. The number of aromatic nitrogens is 2. The molecular weight excluding hydrogens is 510 g/mol. The third kappa shape index (κ3) is 7.72. The lowest BCUT2D eigenvalue weighted by molar-refractivity contribution is -0.137. The van der Waals surface area contributed by atoms with Gasteiger partial charge in [0.1, 0.15) is 11.7 Å². The molecule has 37 heavy (non-hydrogen) atoms. The van der Waals surface area contributed by atoms with Crippen LogP contribution in [-0.4, -0.2) is 27.8 Å². The fraction of sp³-hybridized carbons (Fsp3) is 0.308. The van der Waals surface area contributed by atoms with Gasteiger partial charge in [-0.2, -0.15) is 13.2 Å². The molecular formula is C26H24ClF4N5O. The molecule has 0 atom stereocenters. The van der Waals surface area contributed by atoms with Gasteiger partial charge in [0.2, 0.25) is 5.95 Å². The second-order valence-electron chi connectivity index (χ2n) is 8.85. The molecule has 1 amide bonds. The first-order valence-electron chi connectivity index (χ1n) is 11.7. The van der Waals surface area contributed by atoms with Crippen molar-refractivity contribution in [2.45, 2.75) is 44.3 Å². The molecule has 2 N–H and O–H groups in total. The standard InChI is InChI=1S/C26H24ClF4N5O/c27-19-13-20(28)15-22(14-19)34-23(36-24(37)17-4-6-18(7-5-17)26(29,30)31)12-16-2-8-21(9-3-16)35-25-32-10-1-11-33-25/h1,4-7,10-11,13-16,21H,2-3,8-9,12H2,(H,32,33,35)(H,34,36,37). The molecule has 0 bridgehead atoms. The minimum absolute atomic E-state index is 0.0498. The van der Waals surface area contributed by atoms with Crippen LogP contribution in [0.15, 0.2) is 65.9 Å². The molecule has 0 spiro atoms. The van der Waals surface area contributed by atoms with Crippen molar-refractivity contribution in [2.24, 2.45) is 10.9 Å². The summed E-state index contributed by atoms with van der Waals surface area (Å²) in [7, 11) is 0. The molecule has 1 saturated carbocycles. The van der Waals surface area contributed by atoms with Gasteiger partial charge in [0.15, 0.2) is 0 Å². The molecule has 11 heteroatoms. The Labute approximate surface area is 216 Å². The number of aliphatic imine (C=N–C) groups is 1. The molecule has 6 nitrogen and oxygen atoms in total. The Morgan fingerprint density at radius 3 is 2.32 bits per heavy atom. The number of halogens is 5. The maximum absolute atomic E-state index is 13.9. The smallest absolute Gasteiger partial charge is 0.351 e. The van der Waals surface area contributed by atoms with Crippen LogP contribution in [0.2, 0.25) is 5.02 Å². The summed E-state index contributed by atoms with van der Waals surface area (Å²) in [6.45, 7) is 0. The largest absolute Gasteiger partial charge is 0.416 e. The highest BCUT2D eigenvalue weighted by Crippen LogP contribution is 2.30. The molecule has 0 aliphatic heterocycles. The van der Waals surface area contributed by atoms with E-state index in [9.17, 15) is 22.4 Å². The Morgan fingerprint density at radius 1 is 1.03 bits per heavy atom. The van der Waals surface area contributed by atoms with E-state index < -0.39 is 23.5 Å². The third-order valence-electron chi connectivity index (χ3n) is 6.07. The van der Waals surface area contributed by atoms with E-state index in [1.54, 1.807) is 18.5 Å². The topological polar surface area (TPSA) is 79.3 Å². The van der Waals surface area contributed by atoms with Crippen LogP contribution in [0.4, 0.5) is 29.2 Å². The van der Waals surface area contributed by atoms with E-state index in [2.05, 4.69) is 25.6 Å². The van der Waals surface area contributed by atoms with Crippen LogP contribution in [0.3, 0.4) is 0 Å². The number of rotatable bonds is 6. The second kappa shape index (κ2) is 11.7. The minimum atomic E-state index is -4.50. The number of benzene rings is 2. The molecule has 1 aromatic heterocycles. The maximum atomic E-state index is 13.9. The first-order valence-corrected chi connectivity index (χ1v) is 12.1. The molecule has 1 fully saturated rings. The average Bonchev–Trinajstić information content (AvgIpc) is 2.85. The summed E-state index contributed by atoms with van der Waals surface area (Å²) in [5.74, 6) is -0.138. The number of nitrogens with one attached hydrogen (secondary N) is 2. The van der Waals surface area contributed by atoms with Crippen LogP contribution >= 0.6 is 11.6 Å². The first kappa shape index (κ1) is 26.5. The summed E-state index contributed by atoms with van der Waals surface area (Å²) in [5.41, 5.74) is -0.573. The number of amides is 1. The Bertz CT molecular complexity index is 1220. The van der Waals surface area contributed by atoms with Gasteiger partial charge in [0, 0.05) is 35.4 Å². The zero-order chi connectivity index (χ0) is 26.4. The highest BCUT2D eigenvalue weighted by molar-refractivity contribution is 6.30. The van der Waals surface area contributed by atoms with Crippen molar-refractivity contribution >= 4 is 35.0 Å². The number of anilines is 1. The van der Waals surface area contributed by atoms with E-state index in [0.717, 1.165) is 56.0 Å². The lowest BCUT2D eigenvalue weighted by Crippen LogP contribution is -2.34. The predicted octanol–water partition coefficient (Wildman–Crippen LogP) is 6.81. The number of nitrogens with zero attached hydrogens (tertiary/aromatic N) is 3. The molecule has 2 aromatic carbocycles. The fourth-order valence-corrected chi connectivity index (χ4v) is 4.45. The van der Waals surface area contributed by atoms with Gasteiger partial charge in [-0.1, -0.05) is 11.6 Å². The summed E-state index contributed by atoms with van der Waals surface area (Å²) in [6.07, 6.45) is 2.62. The monoisotopic (exact) mass is 533 g/mol. The quantitative estimate of drug-likeness (QED) is 0.207. The lowest BCUT2D eigenvalue weighted by Gasteiger charge is -2.29. The van der Waals surface area contributed by atoms with E-state index in [0.29, 0.717) is 12.4 Å². The van der Waals surface area contributed by atoms with E-state index >= 15 is 0 Å². The van der Waals surface area contributed by atoms with Crippen molar-refractivity contribution in [3.05, 3.63) is 82.9 Å². The van der Waals surface area contributed by atoms with Gasteiger partial charge in [0.25, 0.3) is 5.91 Å². The summed E-state index contributed by atoms with van der Waals surface area (Å²) < 4.78 is 52.5. The summed E-state index contributed by atoms with van der Waals surface area (Å²) >= 11 is 5.96. The highest BCUT2D eigenvalue weighted by atomic mass is 35.5. The summed E-state index contributed by atoms with van der Waals surface area (Å²) in [6, 6.07) is 9.68. The third-order valence-corrected chi connectivity index (χ3v) is 6.29. The SMILES string of the molecule is O=C(NC(CC1CCC(Nc2ncccn2)CC1)=Nc1cc(F)cc(Cl)c1)c1ccc(C(F)(F)F)cc1. The molecule has 194 valence electrons. The van der Waals surface area contributed by atoms with Crippen molar-refractivity contribution in [2.75, 3.05) is 5.32 Å². The highest BCUT2D eigenvalue weighted by Gasteiger charge is 2.30. The molecule has 0 radical (unpaired) electrons. The van der Waals surface area contributed by atoms with Gasteiger partial charge < -0.3 is 10.6 Å². The number of alkyl halides is 3. The number of carbonyl (C=O) groups excluding carboxylic acids is 1. The van der Waals surface area contributed by atoms with Gasteiger partial charge >= 0.3 is 6.18 Å². The zero-order valence-electron chi connectivity index (χ0n) is 19.6. The maximum Gasteiger partial charge on any atom is 0.416 e. The second-order valence-corrected chi connectivity index (χ2v) is 9.29. The summed E-state index contributed by atoms with van der Waals surface area (Å²) in [4.78, 5) is 25.6. The fourth-order valence-electron chi connectivity index (χ4n) is 4.24. The van der Waals surface area contributed by atoms with Crippen molar-refractivity contribution in [3.8, 4) is 0 Å². The molecule has 4 rings (SSSR count). The van der Waals surface area contributed by atoms with Crippen LogP contribution in [0.25, 0.3) is 0 Å². The van der Waals surface area contributed by atoms with Crippen molar-refractivity contribution in [1.82, 2.24) is 15.3 Å². The van der Waals surface area contributed by atoms with E-state index in [1.807, 2.05) is 0 Å². The number of carbonyl (C=O) groups is 1. The number of hydrogen-bond donors (Lipinski definition) is 2. The molecule has 1 heterocycles. The number of amidine groups is 1. The minimum Gasteiger partial charge on any atom is -0.351 e.